The lowest BCUT2D eigenvalue weighted by atomic mass is 10.2. The summed E-state index contributed by atoms with van der Waals surface area (Å²) in [6.45, 7) is 0.578. The zero-order chi connectivity index (χ0) is 13.5. The van der Waals surface area contributed by atoms with Gasteiger partial charge in [0.1, 0.15) is 5.75 Å². The Hall–Kier alpha value is -2.15. The predicted molar refractivity (Wildman–Crippen MR) is 73.8 cm³/mol. The molecule has 0 aliphatic heterocycles. The van der Waals surface area contributed by atoms with Crippen molar-refractivity contribution in [2.75, 3.05) is 12.4 Å². The maximum Gasteiger partial charge on any atom is 0.170 e. The Kier molecular flexibility index (Phi) is 4.68. The summed E-state index contributed by atoms with van der Waals surface area (Å²) in [6, 6.07) is 7.05. The third-order valence-corrected chi connectivity index (χ3v) is 3.19. The van der Waals surface area contributed by atoms with E-state index in [4.69, 9.17) is 15.7 Å². The number of amidine groups is 1. The molecule has 6 nitrogen and oxygen atoms in total. The second kappa shape index (κ2) is 6.69. The lowest BCUT2D eigenvalue weighted by Gasteiger charge is -2.06. The van der Waals surface area contributed by atoms with Crippen molar-refractivity contribution >= 4 is 17.6 Å². The van der Waals surface area contributed by atoms with E-state index in [1.54, 1.807) is 48.4 Å². The predicted octanol–water partition coefficient (Wildman–Crippen LogP) is 1.68. The first kappa shape index (κ1) is 13.3. The van der Waals surface area contributed by atoms with Crippen LogP contribution >= 0.6 is 11.8 Å². The highest BCUT2D eigenvalue weighted by Gasteiger charge is 2.00. The third kappa shape index (κ3) is 3.92. The maximum absolute atomic E-state index is 8.54. The summed E-state index contributed by atoms with van der Waals surface area (Å²) in [4.78, 5) is 7.11. The third-order valence-electron chi connectivity index (χ3n) is 2.32. The van der Waals surface area contributed by atoms with Crippen LogP contribution in [0.2, 0.25) is 0 Å². The fraction of sp³-hybridized carbons (Fsp3) is 0.167. The van der Waals surface area contributed by atoms with Gasteiger partial charge in [0.2, 0.25) is 0 Å². The first-order valence-electron chi connectivity index (χ1n) is 5.62. The average molecular weight is 278 g/mol. The molecule has 0 saturated heterocycles. The molecule has 4 N–H and O–H groups in total. The number of rotatable bonds is 6. The van der Waals surface area contributed by atoms with Gasteiger partial charge in [0, 0.05) is 23.7 Å². The molecule has 19 heavy (non-hydrogen) atoms. The molecule has 7 heteroatoms. The number of benzene rings is 1. The van der Waals surface area contributed by atoms with Gasteiger partial charge in [0.25, 0.3) is 0 Å². The number of oxime groups is 1. The largest absolute Gasteiger partial charge is 0.493 e. The van der Waals surface area contributed by atoms with Crippen LogP contribution < -0.4 is 10.5 Å². The Morgan fingerprint density at radius 3 is 2.84 bits per heavy atom. The monoisotopic (exact) mass is 278 g/mol. The SMILES string of the molecule is N/C(=N/O)c1ccc(OCCSc2ncc[nH]2)cc1. The van der Waals surface area contributed by atoms with Crippen LogP contribution in [0.15, 0.2) is 47.0 Å². The standard InChI is InChI=1S/C12H14N4O2S/c13-11(16-17)9-1-3-10(4-2-9)18-7-8-19-12-14-5-6-15-12/h1-6,17H,7-8H2,(H2,13,16)(H,14,15). The van der Waals surface area contributed by atoms with E-state index in [1.165, 1.54) is 0 Å². The Bertz CT molecular complexity index is 525. The number of ether oxygens (including phenoxy) is 1. The number of nitrogens with one attached hydrogen (secondary N) is 1. The lowest BCUT2D eigenvalue weighted by Crippen LogP contribution is -2.12. The topological polar surface area (TPSA) is 96.5 Å². The van der Waals surface area contributed by atoms with Gasteiger partial charge in [0.05, 0.1) is 6.61 Å². The number of thioether (sulfide) groups is 1. The first-order chi connectivity index (χ1) is 9.29. The van der Waals surface area contributed by atoms with Gasteiger partial charge < -0.3 is 20.7 Å². The van der Waals surface area contributed by atoms with Crippen LogP contribution in [0.4, 0.5) is 0 Å². The van der Waals surface area contributed by atoms with Gasteiger partial charge in [-0.3, -0.25) is 0 Å². The first-order valence-corrected chi connectivity index (χ1v) is 6.61. The summed E-state index contributed by atoms with van der Waals surface area (Å²) < 4.78 is 5.57. The molecule has 1 heterocycles. The van der Waals surface area contributed by atoms with E-state index < -0.39 is 0 Å². The zero-order valence-electron chi connectivity index (χ0n) is 10.1. The van der Waals surface area contributed by atoms with Crippen LogP contribution in [0, 0.1) is 0 Å². The average Bonchev–Trinajstić information content (AvgIpc) is 2.96. The molecule has 0 aliphatic rings. The molecule has 0 atom stereocenters. The fourth-order valence-electron chi connectivity index (χ4n) is 1.41. The summed E-state index contributed by atoms with van der Waals surface area (Å²) in [5.41, 5.74) is 6.12. The highest BCUT2D eigenvalue weighted by atomic mass is 32.2. The van der Waals surface area contributed by atoms with E-state index in [0.717, 1.165) is 16.7 Å². The summed E-state index contributed by atoms with van der Waals surface area (Å²) in [5, 5.41) is 12.4. The van der Waals surface area contributed by atoms with E-state index in [9.17, 15) is 0 Å². The van der Waals surface area contributed by atoms with Crippen molar-refractivity contribution in [3.63, 3.8) is 0 Å². The maximum atomic E-state index is 8.54. The van der Waals surface area contributed by atoms with Gasteiger partial charge in [0.15, 0.2) is 11.0 Å². The summed E-state index contributed by atoms with van der Waals surface area (Å²) in [6.07, 6.45) is 3.50. The zero-order valence-corrected chi connectivity index (χ0v) is 10.9. The molecule has 0 spiro atoms. The van der Waals surface area contributed by atoms with Crippen molar-refractivity contribution in [3.05, 3.63) is 42.2 Å². The molecule has 0 saturated carbocycles. The van der Waals surface area contributed by atoms with Crippen LogP contribution in [-0.4, -0.2) is 33.4 Å². The Labute approximate surface area is 114 Å². The number of aromatic nitrogens is 2. The van der Waals surface area contributed by atoms with Crippen molar-refractivity contribution in [1.29, 1.82) is 0 Å². The van der Waals surface area contributed by atoms with Crippen LogP contribution in [0.25, 0.3) is 0 Å². The van der Waals surface area contributed by atoms with Crippen molar-refractivity contribution in [3.8, 4) is 5.75 Å². The summed E-state index contributed by atoms with van der Waals surface area (Å²) >= 11 is 1.59. The molecule has 2 aromatic rings. The van der Waals surface area contributed by atoms with Crippen LogP contribution in [0.3, 0.4) is 0 Å². The van der Waals surface area contributed by atoms with Crippen molar-refractivity contribution in [2.45, 2.75) is 5.16 Å². The van der Waals surface area contributed by atoms with Gasteiger partial charge in [-0.25, -0.2) is 4.98 Å². The smallest absolute Gasteiger partial charge is 0.170 e. The van der Waals surface area contributed by atoms with Crippen LogP contribution in [0.1, 0.15) is 5.56 Å². The van der Waals surface area contributed by atoms with E-state index in [1.807, 2.05) is 0 Å². The number of hydrogen-bond donors (Lipinski definition) is 3. The quantitative estimate of drug-likeness (QED) is 0.186. The van der Waals surface area contributed by atoms with E-state index >= 15 is 0 Å². The van der Waals surface area contributed by atoms with Gasteiger partial charge in [-0.2, -0.15) is 0 Å². The second-order valence-electron chi connectivity index (χ2n) is 3.60. The fourth-order valence-corrected chi connectivity index (χ4v) is 2.05. The van der Waals surface area contributed by atoms with Gasteiger partial charge >= 0.3 is 0 Å². The summed E-state index contributed by atoms with van der Waals surface area (Å²) in [5.74, 6) is 1.63. The molecule has 0 radical (unpaired) electrons. The Morgan fingerprint density at radius 2 is 2.21 bits per heavy atom. The minimum atomic E-state index is 0.0833. The van der Waals surface area contributed by atoms with Crippen molar-refractivity contribution < 1.29 is 9.94 Å². The van der Waals surface area contributed by atoms with Gasteiger partial charge in [-0.05, 0) is 24.3 Å². The number of nitrogens with zero attached hydrogens (tertiary/aromatic N) is 2. The van der Waals surface area contributed by atoms with Gasteiger partial charge in [-0.15, -0.1) is 0 Å². The normalized spacial score (nSPS) is 11.5. The number of nitrogens with two attached hydrogens (primary N) is 1. The molecule has 0 bridgehead atoms. The van der Waals surface area contributed by atoms with Crippen LogP contribution in [-0.2, 0) is 0 Å². The number of imidazole rings is 1. The van der Waals surface area contributed by atoms with Crippen molar-refractivity contribution in [2.24, 2.45) is 10.9 Å². The Morgan fingerprint density at radius 1 is 1.42 bits per heavy atom. The molecule has 0 unspecified atom stereocenters. The second-order valence-corrected chi connectivity index (χ2v) is 4.68. The minimum absolute atomic E-state index is 0.0833. The minimum Gasteiger partial charge on any atom is -0.493 e. The molecular formula is C12H14N4O2S. The van der Waals surface area contributed by atoms with E-state index in [-0.39, 0.29) is 5.84 Å². The summed E-state index contributed by atoms with van der Waals surface area (Å²) in [7, 11) is 0. The highest BCUT2D eigenvalue weighted by molar-refractivity contribution is 7.99. The molecule has 1 aromatic carbocycles. The van der Waals surface area contributed by atoms with Crippen LogP contribution in [0.5, 0.6) is 5.75 Å². The van der Waals surface area contributed by atoms with E-state index in [2.05, 4.69) is 15.1 Å². The van der Waals surface area contributed by atoms with Gasteiger partial charge in [-0.1, -0.05) is 16.9 Å². The molecule has 2 rings (SSSR count). The molecular weight excluding hydrogens is 264 g/mol. The van der Waals surface area contributed by atoms with E-state index in [0.29, 0.717) is 12.2 Å². The number of H-pyrrole nitrogens is 1. The molecule has 0 fully saturated rings. The molecule has 0 amide bonds. The molecule has 0 aliphatic carbocycles. The number of hydrogen-bond acceptors (Lipinski definition) is 5. The Balaban J connectivity index is 1.77. The molecule has 1 aromatic heterocycles. The van der Waals surface area contributed by atoms with Crippen molar-refractivity contribution in [1.82, 2.24) is 9.97 Å². The molecule has 100 valence electrons. The lowest BCUT2D eigenvalue weighted by molar-refractivity contribution is 0.318. The highest BCUT2D eigenvalue weighted by Crippen LogP contribution is 2.14. The number of aromatic amines is 1.